The molecule has 1 aromatic heterocycles. The molecule has 6 heteroatoms. The molecule has 2 rings (SSSR count). The van der Waals surface area contributed by atoms with Gasteiger partial charge in [-0.1, -0.05) is 6.07 Å². The Morgan fingerprint density at radius 1 is 1.47 bits per heavy atom. The highest BCUT2D eigenvalue weighted by atomic mass is 35.7. The van der Waals surface area contributed by atoms with Gasteiger partial charge in [0, 0.05) is 22.6 Å². The van der Waals surface area contributed by atoms with Crippen molar-refractivity contribution >= 4 is 30.6 Å². The van der Waals surface area contributed by atoms with Crippen molar-refractivity contribution in [3.8, 4) is 0 Å². The van der Waals surface area contributed by atoms with Gasteiger partial charge in [0.05, 0.1) is 16.6 Å². The van der Waals surface area contributed by atoms with Crippen molar-refractivity contribution in [3.05, 3.63) is 24.4 Å². The molecule has 0 spiro atoms. The number of rotatable bonds is 2. The van der Waals surface area contributed by atoms with Gasteiger partial charge in [-0.25, -0.2) is 8.42 Å². The number of halogens is 1. The fourth-order valence-electron chi connectivity index (χ4n) is 1.54. The summed E-state index contributed by atoms with van der Waals surface area (Å²) in [5.74, 6) is 0. The van der Waals surface area contributed by atoms with Gasteiger partial charge in [-0.05, 0) is 19.1 Å². The highest BCUT2D eigenvalue weighted by molar-refractivity contribution is 8.14. The molecule has 0 fully saturated rings. The van der Waals surface area contributed by atoms with Gasteiger partial charge in [-0.3, -0.25) is 4.68 Å². The van der Waals surface area contributed by atoms with Gasteiger partial charge in [-0.15, -0.1) is 0 Å². The average Bonchev–Trinajstić information content (AvgIpc) is 2.58. The molecule has 0 unspecified atom stereocenters. The van der Waals surface area contributed by atoms with Gasteiger partial charge in [0.2, 0.25) is 0 Å². The summed E-state index contributed by atoms with van der Waals surface area (Å²) in [6, 6.07) is 4.95. The van der Waals surface area contributed by atoms with Crippen LogP contribution in [0.15, 0.2) is 29.3 Å². The second-order valence-electron chi connectivity index (χ2n) is 3.09. The number of aryl methyl sites for hydroxylation is 1. The zero-order chi connectivity index (χ0) is 11.1. The van der Waals surface area contributed by atoms with E-state index in [-0.39, 0.29) is 4.90 Å². The average molecular weight is 245 g/mol. The first-order valence-electron chi connectivity index (χ1n) is 4.43. The summed E-state index contributed by atoms with van der Waals surface area (Å²) >= 11 is 0. The summed E-state index contributed by atoms with van der Waals surface area (Å²) in [5.41, 5.74) is 0.777. The Morgan fingerprint density at radius 2 is 2.20 bits per heavy atom. The smallest absolute Gasteiger partial charge is 0.262 e. The lowest BCUT2D eigenvalue weighted by Crippen LogP contribution is -1.96. The SMILES string of the molecule is CCn1ncc2c(S(=O)(=O)Cl)cccc21. The van der Waals surface area contributed by atoms with Gasteiger partial charge >= 0.3 is 0 Å². The molecule has 0 atom stereocenters. The van der Waals surface area contributed by atoms with Crippen molar-refractivity contribution in [2.75, 3.05) is 0 Å². The predicted octanol–water partition coefficient (Wildman–Crippen LogP) is 1.98. The van der Waals surface area contributed by atoms with E-state index in [0.29, 0.717) is 11.9 Å². The molecular formula is C9H9ClN2O2S. The first-order valence-corrected chi connectivity index (χ1v) is 6.74. The molecule has 2 aromatic rings. The number of hydrogen-bond donors (Lipinski definition) is 0. The topological polar surface area (TPSA) is 52.0 Å². The molecule has 0 aliphatic carbocycles. The number of nitrogens with zero attached hydrogens (tertiary/aromatic N) is 2. The highest BCUT2D eigenvalue weighted by Crippen LogP contribution is 2.25. The quantitative estimate of drug-likeness (QED) is 0.759. The van der Waals surface area contributed by atoms with E-state index in [1.165, 1.54) is 12.3 Å². The van der Waals surface area contributed by atoms with E-state index >= 15 is 0 Å². The largest absolute Gasteiger partial charge is 0.265 e. The van der Waals surface area contributed by atoms with Crippen LogP contribution in [0, 0.1) is 0 Å². The second kappa shape index (κ2) is 3.50. The van der Waals surface area contributed by atoms with Crippen LogP contribution in [-0.4, -0.2) is 18.2 Å². The zero-order valence-corrected chi connectivity index (χ0v) is 9.59. The number of fused-ring (bicyclic) bond motifs is 1. The molecule has 0 aliphatic rings. The first-order chi connectivity index (χ1) is 7.04. The Bertz CT molecular complexity index is 604. The van der Waals surface area contributed by atoms with Gasteiger partial charge in [-0.2, -0.15) is 5.10 Å². The first kappa shape index (κ1) is 10.4. The fraction of sp³-hybridized carbons (Fsp3) is 0.222. The van der Waals surface area contributed by atoms with E-state index in [4.69, 9.17) is 10.7 Å². The van der Waals surface area contributed by atoms with E-state index in [0.717, 1.165) is 5.52 Å². The lowest BCUT2D eigenvalue weighted by Gasteiger charge is -2.00. The van der Waals surface area contributed by atoms with Crippen LogP contribution in [0.2, 0.25) is 0 Å². The third kappa shape index (κ3) is 1.72. The van der Waals surface area contributed by atoms with Crippen LogP contribution in [-0.2, 0) is 15.6 Å². The number of aromatic nitrogens is 2. The van der Waals surface area contributed by atoms with Crippen molar-refractivity contribution in [1.29, 1.82) is 0 Å². The number of hydrogen-bond acceptors (Lipinski definition) is 3. The minimum Gasteiger partial charge on any atom is -0.265 e. The van der Waals surface area contributed by atoms with Gasteiger partial charge in [0.25, 0.3) is 9.05 Å². The van der Waals surface area contributed by atoms with Crippen LogP contribution in [0.3, 0.4) is 0 Å². The summed E-state index contributed by atoms with van der Waals surface area (Å²) < 4.78 is 24.3. The minimum atomic E-state index is -3.71. The molecule has 0 saturated carbocycles. The molecule has 0 aliphatic heterocycles. The van der Waals surface area contributed by atoms with E-state index in [1.807, 2.05) is 13.0 Å². The lowest BCUT2D eigenvalue weighted by atomic mass is 10.2. The van der Waals surface area contributed by atoms with Gasteiger partial charge in [0.15, 0.2) is 0 Å². The molecule has 4 nitrogen and oxygen atoms in total. The molecule has 1 aromatic carbocycles. The van der Waals surface area contributed by atoms with E-state index < -0.39 is 9.05 Å². The van der Waals surface area contributed by atoms with Crippen molar-refractivity contribution in [3.63, 3.8) is 0 Å². The van der Waals surface area contributed by atoms with Gasteiger partial charge in [0.1, 0.15) is 0 Å². The third-order valence-corrected chi connectivity index (χ3v) is 3.59. The molecule has 15 heavy (non-hydrogen) atoms. The Hall–Kier alpha value is -1.07. The van der Waals surface area contributed by atoms with Crippen LogP contribution in [0.5, 0.6) is 0 Å². The molecule has 0 saturated heterocycles. The van der Waals surface area contributed by atoms with E-state index in [2.05, 4.69) is 5.10 Å². The van der Waals surface area contributed by atoms with E-state index in [9.17, 15) is 8.42 Å². The molecule has 0 N–H and O–H groups in total. The van der Waals surface area contributed by atoms with Crippen molar-refractivity contribution in [1.82, 2.24) is 9.78 Å². The summed E-state index contributed by atoms with van der Waals surface area (Å²) in [4.78, 5) is 0.112. The van der Waals surface area contributed by atoms with Crippen LogP contribution in [0.25, 0.3) is 10.9 Å². The Morgan fingerprint density at radius 3 is 2.80 bits per heavy atom. The van der Waals surface area contributed by atoms with Crippen LogP contribution in [0.1, 0.15) is 6.92 Å². The third-order valence-electron chi connectivity index (χ3n) is 2.21. The number of benzene rings is 1. The summed E-state index contributed by atoms with van der Waals surface area (Å²) in [5, 5.41) is 4.65. The lowest BCUT2D eigenvalue weighted by molar-refractivity contribution is 0.610. The maximum Gasteiger partial charge on any atom is 0.262 e. The molecule has 0 bridgehead atoms. The van der Waals surface area contributed by atoms with Crippen LogP contribution in [0.4, 0.5) is 0 Å². The standard InChI is InChI=1S/C9H9ClN2O2S/c1-2-12-8-4-3-5-9(15(10,13)14)7(8)6-11-12/h3-6H,2H2,1H3. The van der Waals surface area contributed by atoms with Crippen molar-refractivity contribution in [2.24, 2.45) is 0 Å². The summed E-state index contributed by atoms with van der Waals surface area (Å²) in [6.45, 7) is 2.63. The van der Waals surface area contributed by atoms with Crippen molar-refractivity contribution < 1.29 is 8.42 Å². The normalized spacial score (nSPS) is 12.1. The van der Waals surface area contributed by atoms with Crippen LogP contribution >= 0.6 is 10.7 Å². The Balaban J connectivity index is 2.84. The monoisotopic (exact) mass is 244 g/mol. The van der Waals surface area contributed by atoms with Crippen LogP contribution < -0.4 is 0 Å². The predicted molar refractivity (Wildman–Crippen MR) is 58.4 cm³/mol. The molecule has 1 heterocycles. The Kier molecular flexibility index (Phi) is 2.44. The van der Waals surface area contributed by atoms with Crippen molar-refractivity contribution in [2.45, 2.75) is 18.4 Å². The molecule has 0 radical (unpaired) electrons. The summed E-state index contributed by atoms with van der Waals surface area (Å²) in [6.07, 6.45) is 1.52. The second-order valence-corrected chi connectivity index (χ2v) is 5.62. The highest BCUT2D eigenvalue weighted by Gasteiger charge is 2.15. The zero-order valence-electron chi connectivity index (χ0n) is 8.01. The summed E-state index contributed by atoms with van der Waals surface area (Å²) in [7, 11) is 1.62. The molecule has 80 valence electrons. The fourth-order valence-corrected chi connectivity index (χ4v) is 2.61. The Labute approximate surface area is 91.9 Å². The van der Waals surface area contributed by atoms with Gasteiger partial charge < -0.3 is 0 Å². The maximum absolute atomic E-state index is 11.3. The van der Waals surface area contributed by atoms with E-state index in [1.54, 1.807) is 10.7 Å². The maximum atomic E-state index is 11.3. The molecular weight excluding hydrogens is 236 g/mol. The molecule has 0 amide bonds. The minimum absolute atomic E-state index is 0.112.